The molecule has 1 heterocycles. The van der Waals surface area contributed by atoms with Crippen LogP contribution in [0.3, 0.4) is 0 Å². The van der Waals surface area contributed by atoms with E-state index >= 15 is 0 Å². The molecule has 1 aromatic rings. The average molecular weight is 238 g/mol. The Balaban J connectivity index is 2.57. The molecule has 0 fully saturated rings. The first-order valence-electron chi connectivity index (χ1n) is 6.49. The molecule has 0 radical (unpaired) electrons. The van der Waals surface area contributed by atoms with E-state index in [1.54, 1.807) is 6.26 Å². The Morgan fingerprint density at radius 3 is 2.47 bits per heavy atom. The maximum Gasteiger partial charge on any atom is 0.122 e. The van der Waals surface area contributed by atoms with E-state index in [9.17, 15) is 0 Å². The van der Waals surface area contributed by atoms with Crippen molar-refractivity contribution in [2.75, 3.05) is 20.6 Å². The third-order valence-electron chi connectivity index (χ3n) is 3.31. The minimum absolute atomic E-state index is 0.304. The SMILES string of the molecule is CCC(NCC(c1ccco1)N(C)C)C(C)C. The van der Waals surface area contributed by atoms with E-state index in [1.807, 2.05) is 12.1 Å². The Morgan fingerprint density at radius 2 is 2.06 bits per heavy atom. The van der Waals surface area contributed by atoms with Crippen LogP contribution in [-0.4, -0.2) is 31.6 Å². The molecule has 17 heavy (non-hydrogen) atoms. The zero-order chi connectivity index (χ0) is 12.8. The van der Waals surface area contributed by atoms with Crippen molar-refractivity contribution < 1.29 is 4.42 Å². The highest BCUT2D eigenvalue weighted by Crippen LogP contribution is 2.18. The smallest absolute Gasteiger partial charge is 0.122 e. The fraction of sp³-hybridized carbons (Fsp3) is 0.714. The Morgan fingerprint density at radius 1 is 1.35 bits per heavy atom. The minimum atomic E-state index is 0.304. The van der Waals surface area contributed by atoms with Crippen LogP contribution in [0.5, 0.6) is 0 Å². The molecule has 1 aromatic heterocycles. The first kappa shape index (κ1) is 14.3. The Kier molecular flexibility index (Phi) is 5.72. The second-order valence-corrected chi connectivity index (χ2v) is 5.16. The molecule has 0 amide bonds. The number of furan rings is 1. The van der Waals surface area contributed by atoms with Gasteiger partial charge in [-0.25, -0.2) is 0 Å². The lowest BCUT2D eigenvalue weighted by molar-refractivity contribution is 0.234. The molecule has 0 saturated carbocycles. The quantitative estimate of drug-likeness (QED) is 0.791. The van der Waals surface area contributed by atoms with E-state index in [0.717, 1.165) is 18.7 Å². The topological polar surface area (TPSA) is 28.4 Å². The van der Waals surface area contributed by atoms with Crippen LogP contribution in [-0.2, 0) is 0 Å². The molecular formula is C14H26N2O. The van der Waals surface area contributed by atoms with Gasteiger partial charge in [0.05, 0.1) is 12.3 Å². The molecule has 98 valence electrons. The summed E-state index contributed by atoms with van der Waals surface area (Å²) < 4.78 is 5.50. The van der Waals surface area contributed by atoms with Crippen molar-refractivity contribution in [1.29, 1.82) is 0 Å². The molecule has 0 aliphatic carbocycles. The predicted octanol–water partition coefficient (Wildman–Crippen LogP) is 2.91. The van der Waals surface area contributed by atoms with E-state index in [-0.39, 0.29) is 0 Å². The van der Waals surface area contributed by atoms with Gasteiger partial charge < -0.3 is 9.73 Å². The maximum atomic E-state index is 5.50. The van der Waals surface area contributed by atoms with Crippen molar-refractivity contribution in [2.45, 2.75) is 39.3 Å². The lowest BCUT2D eigenvalue weighted by atomic mass is 10.0. The lowest BCUT2D eigenvalue weighted by Crippen LogP contribution is -2.39. The lowest BCUT2D eigenvalue weighted by Gasteiger charge is -2.27. The minimum Gasteiger partial charge on any atom is -0.468 e. The Labute approximate surface area is 105 Å². The molecule has 0 bridgehead atoms. The van der Waals surface area contributed by atoms with Crippen LogP contribution in [0.1, 0.15) is 39.0 Å². The van der Waals surface area contributed by atoms with Gasteiger partial charge in [-0.15, -0.1) is 0 Å². The van der Waals surface area contributed by atoms with Crippen LogP contribution in [0.2, 0.25) is 0 Å². The molecule has 1 rings (SSSR count). The van der Waals surface area contributed by atoms with Gasteiger partial charge in [-0.05, 0) is 38.6 Å². The van der Waals surface area contributed by atoms with Crippen molar-refractivity contribution in [2.24, 2.45) is 5.92 Å². The van der Waals surface area contributed by atoms with E-state index in [0.29, 0.717) is 18.0 Å². The molecule has 1 N–H and O–H groups in total. The van der Waals surface area contributed by atoms with Crippen LogP contribution >= 0.6 is 0 Å². The summed E-state index contributed by atoms with van der Waals surface area (Å²) >= 11 is 0. The van der Waals surface area contributed by atoms with Crippen LogP contribution in [0, 0.1) is 5.92 Å². The molecule has 0 aromatic carbocycles. The molecule has 0 aliphatic heterocycles. The van der Waals surface area contributed by atoms with Gasteiger partial charge in [0.15, 0.2) is 0 Å². The van der Waals surface area contributed by atoms with Gasteiger partial charge in [0.1, 0.15) is 5.76 Å². The summed E-state index contributed by atoms with van der Waals surface area (Å²) in [7, 11) is 4.18. The predicted molar refractivity (Wildman–Crippen MR) is 72.1 cm³/mol. The Hall–Kier alpha value is -0.800. The summed E-state index contributed by atoms with van der Waals surface area (Å²) in [4.78, 5) is 2.19. The Bertz CT molecular complexity index is 293. The fourth-order valence-electron chi connectivity index (χ4n) is 2.13. The van der Waals surface area contributed by atoms with Gasteiger partial charge in [0, 0.05) is 12.6 Å². The highest BCUT2D eigenvalue weighted by atomic mass is 16.3. The van der Waals surface area contributed by atoms with Crippen LogP contribution in [0.4, 0.5) is 0 Å². The molecule has 2 atom stereocenters. The second-order valence-electron chi connectivity index (χ2n) is 5.16. The summed E-state index contributed by atoms with van der Waals surface area (Å²) in [6.45, 7) is 7.68. The van der Waals surface area contributed by atoms with Crippen molar-refractivity contribution in [1.82, 2.24) is 10.2 Å². The van der Waals surface area contributed by atoms with E-state index < -0.39 is 0 Å². The monoisotopic (exact) mass is 238 g/mol. The second kappa shape index (κ2) is 6.82. The number of nitrogens with one attached hydrogen (secondary N) is 1. The van der Waals surface area contributed by atoms with Gasteiger partial charge in [-0.2, -0.15) is 0 Å². The van der Waals surface area contributed by atoms with Crippen LogP contribution in [0.25, 0.3) is 0 Å². The summed E-state index contributed by atoms with van der Waals surface area (Å²) in [6.07, 6.45) is 2.90. The standard InChI is InChI=1S/C14H26N2O/c1-6-12(11(2)3)15-10-13(16(4)5)14-8-7-9-17-14/h7-9,11-13,15H,6,10H2,1-5H3. The van der Waals surface area contributed by atoms with Gasteiger partial charge in [0.25, 0.3) is 0 Å². The van der Waals surface area contributed by atoms with E-state index in [2.05, 4.69) is 45.1 Å². The average Bonchev–Trinajstić information content (AvgIpc) is 2.76. The zero-order valence-electron chi connectivity index (χ0n) is 11.7. The first-order valence-corrected chi connectivity index (χ1v) is 6.49. The van der Waals surface area contributed by atoms with Crippen molar-refractivity contribution >= 4 is 0 Å². The number of hydrogen-bond donors (Lipinski definition) is 1. The number of nitrogens with zero attached hydrogens (tertiary/aromatic N) is 1. The summed E-state index contributed by atoms with van der Waals surface area (Å²) in [5.41, 5.74) is 0. The molecule has 3 heteroatoms. The molecule has 3 nitrogen and oxygen atoms in total. The number of rotatable bonds is 7. The molecular weight excluding hydrogens is 212 g/mol. The molecule has 0 saturated heterocycles. The van der Waals surface area contributed by atoms with Gasteiger partial charge >= 0.3 is 0 Å². The maximum absolute atomic E-state index is 5.50. The van der Waals surface area contributed by atoms with Gasteiger partial charge in [-0.3, -0.25) is 4.90 Å². The normalized spacial score (nSPS) is 15.5. The van der Waals surface area contributed by atoms with Crippen LogP contribution in [0.15, 0.2) is 22.8 Å². The van der Waals surface area contributed by atoms with Gasteiger partial charge in [-0.1, -0.05) is 20.8 Å². The largest absolute Gasteiger partial charge is 0.468 e. The fourth-order valence-corrected chi connectivity index (χ4v) is 2.13. The number of likely N-dealkylation sites (N-methyl/N-ethyl adjacent to an activating group) is 1. The third kappa shape index (κ3) is 4.17. The summed E-state index contributed by atoms with van der Waals surface area (Å²) in [5, 5.41) is 3.64. The highest BCUT2D eigenvalue weighted by Gasteiger charge is 2.19. The highest BCUT2D eigenvalue weighted by molar-refractivity contribution is 5.05. The van der Waals surface area contributed by atoms with Crippen molar-refractivity contribution in [3.63, 3.8) is 0 Å². The van der Waals surface area contributed by atoms with E-state index in [4.69, 9.17) is 4.42 Å². The summed E-state index contributed by atoms with van der Waals surface area (Å²) in [5.74, 6) is 1.69. The molecule has 2 unspecified atom stereocenters. The zero-order valence-corrected chi connectivity index (χ0v) is 11.7. The van der Waals surface area contributed by atoms with Crippen molar-refractivity contribution in [3.05, 3.63) is 24.2 Å². The summed E-state index contributed by atoms with van der Waals surface area (Å²) in [6, 6.07) is 4.87. The molecule has 0 aliphatic rings. The first-order chi connectivity index (χ1) is 8.06. The van der Waals surface area contributed by atoms with Crippen molar-refractivity contribution in [3.8, 4) is 0 Å². The number of hydrogen-bond acceptors (Lipinski definition) is 3. The van der Waals surface area contributed by atoms with E-state index in [1.165, 1.54) is 0 Å². The third-order valence-corrected chi connectivity index (χ3v) is 3.31. The molecule has 0 spiro atoms. The van der Waals surface area contributed by atoms with Gasteiger partial charge in [0.2, 0.25) is 0 Å². The van der Waals surface area contributed by atoms with Crippen LogP contribution < -0.4 is 5.32 Å².